The zero-order valence-corrected chi connectivity index (χ0v) is 19.8. The molecule has 0 aromatic carbocycles. The number of nitrogens with one attached hydrogen (secondary N) is 2. The normalized spacial score (nSPS) is 34.4. The zero-order chi connectivity index (χ0) is 23.0. The molecule has 6 heteroatoms. The van der Waals surface area contributed by atoms with E-state index in [-0.39, 0.29) is 52.5 Å². The molecule has 7 atom stereocenters. The number of amides is 2. The Kier molecular flexibility index (Phi) is 6.80. The maximum atomic E-state index is 12.8. The Hall–Kier alpha value is -1.95. The summed E-state index contributed by atoms with van der Waals surface area (Å²) >= 11 is 0. The number of fused-ring (bicyclic) bond motifs is 1. The number of hydrogen-bond acceptors (Lipinski definition) is 4. The summed E-state index contributed by atoms with van der Waals surface area (Å²) in [7, 11) is 0. The van der Waals surface area contributed by atoms with E-state index < -0.39 is 6.10 Å². The molecule has 1 aromatic heterocycles. The molecule has 172 valence electrons. The lowest BCUT2D eigenvalue weighted by Crippen LogP contribution is -2.59. The fraction of sp³-hybridized carbons (Fsp3) is 0.720. The number of carbonyl (C=O) groups is 2. The van der Waals surface area contributed by atoms with Gasteiger partial charge in [-0.1, -0.05) is 20.8 Å². The third kappa shape index (κ3) is 5.11. The van der Waals surface area contributed by atoms with Gasteiger partial charge in [0.05, 0.1) is 6.10 Å². The minimum Gasteiger partial charge on any atom is -0.392 e. The molecule has 1 heterocycles. The van der Waals surface area contributed by atoms with Gasteiger partial charge in [0.2, 0.25) is 5.91 Å². The fourth-order valence-corrected chi connectivity index (χ4v) is 5.93. The van der Waals surface area contributed by atoms with Crippen molar-refractivity contribution >= 4 is 11.8 Å². The maximum Gasteiger partial charge on any atom is 0.251 e. The standard InChI is InChI=1S/C25H39N3O3/c1-15(22(30)28-24(3,4)5)18-7-11-25(6)12-8-19(16(2)20(25)21(18)29)27-23(31)17-9-13-26-14-10-17/h9-10,13-16,18-21,29H,7-8,11-12H2,1-6H3,(H,27,31)(H,28,30). The third-order valence-electron chi connectivity index (χ3n) is 7.70. The highest BCUT2D eigenvalue weighted by Gasteiger charge is 2.54. The molecule has 2 amide bonds. The summed E-state index contributed by atoms with van der Waals surface area (Å²) in [4.78, 5) is 29.5. The largest absolute Gasteiger partial charge is 0.392 e. The molecule has 7 unspecified atom stereocenters. The molecule has 2 aliphatic carbocycles. The van der Waals surface area contributed by atoms with Crippen LogP contribution in [0.4, 0.5) is 0 Å². The van der Waals surface area contributed by atoms with Crippen molar-refractivity contribution < 1.29 is 14.7 Å². The summed E-state index contributed by atoms with van der Waals surface area (Å²) in [6.07, 6.45) is 6.41. The number of hydrogen-bond donors (Lipinski definition) is 3. The fourth-order valence-electron chi connectivity index (χ4n) is 5.93. The van der Waals surface area contributed by atoms with Gasteiger partial charge in [0.15, 0.2) is 0 Å². The summed E-state index contributed by atoms with van der Waals surface area (Å²) in [5.74, 6) is -0.239. The molecule has 0 spiro atoms. The average Bonchev–Trinajstić information content (AvgIpc) is 2.69. The second-order valence-corrected chi connectivity index (χ2v) is 11.1. The first kappa shape index (κ1) is 23.7. The van der Waals surface area contributed by atoms with Crippen LogP contribution in [0.5, 0.6) is 0 Å². The Labute approximate surface area is 186 Å². The first-order valence-corrected chi connectivity index (χ1v) is 11.6. The van der Waals surface area contributed by atoms with Gasteiger partial charge in [0, 0.05) is 35.5 Å². The minimum atomic E-state index is -0.560. The van der Waals surface area contributed by atoms with Gasteiger partial charge in [-0.3, -0.25) is 14.6 Å². The van der Waals surface area contributed by atoms with Crippen LogP contribution in [0.15, 0.2) is 24.5 Å². The van der Waals surface area contributed by atoms with Crippen LogP contribution in [0.1, 0.15) is 77.6 Å². The van der Waals surface area contributed by atoms with Crippen LogP contribution in [0, 0.1) is 29.1 Å². The average molecular weight is 430 g/mol. The van der Waals surface area contributed by atoms with Crippen molar-refractivity contribution in [1.29, 1.82) is 0 Å². The molecule has 0 saturated heterocycles. The van der Waals surface area contributed by atoms with Crippen LogP contribution in [0.25, 0.3) is 0 Å². The topological polar surface area (TPSA) is 91.3 Å². The van der Waals surface area contributed by atoms with Crippen LogP contribution in [0.2, 0.25) is 0 Å². The van der Waals surface area contributed by atoms with Crippen molar-refractivity contribution in [2.45, 2.75) is 84.9 Å². The molecule has 2 aliphatic rings. The minimum absolute atomic E-state index is 0.00541. The van der Waals surface area contributed by atoms with Crippen LogP contribution >= 0.6 is 0 Å². The lowest BCUT2D eigenvalue weighted by molar-refractivity contribution is -0.143. The smallest absolute Gasteiger partial charge is 0.251 e. The van der Waals surface area contributed by atoms with E-state index in [1.54, 1.807) is 24.5 Å². The lowest BCUT2D eigenvalue weighted by Gasteiger charge is -2.56. The molecule has 1 aromatic rings. The number of aliphatic hydroxyl groups is 1. The first-order chi connectivity index (χ1) is 14.4. The molecule has 0 radical (unpaired) electrons. The molecule has 0 bridgehead atoms. The van der Waals surface area contributed by atoms with Crippen LogP contribution in [-0.2, 0) is 4.79 Å². The van der Waals surface area contributed by atoms with Crippen molar-refractivity contribution in [3.63, 3.8) is 0 Å². The van der Waals surface area contributed by atoms with E-state index in [0.717, 1.165) is 25.7 Å². The highest BCUT2D eigenvalue weighted by molar-refractivity contribution is 5.94. The number of pyridine rings is 1. The van der Waals surface area contributed by atoms with Crippen molar-refractivity contribution in [2.24, 2.45) is 29.1 Å². The SMILES string of the molecule is CC(C(=O)NC(C)(C)C)C1CCC2(C)CCC(NC(=O)c3ccncc3)C(C)C2C1O. The van der Waals surface area contributed by atoms with Crippen LogP contribution in [-0.4, -0.2) is 39.6 Å². The van der Waals surface area contributed by atoms with Gasteiger partial charge in [-0.05, 0) is 81.8 Å². The van der Waals surface area contributed by atoms with Crippen molar-refractivity contribution in [2.75, 3.05) is 0 Å². The third-order valence-corrected chi connectivity index (χ3v) is 7.70. The second-order valence-electron chi connectivity index (χ2n) is 11.1. The van der Waals surface area contributed by atoms with E-state index in [1.807, 2.05) is 27.7 Å². The van der Waals surface area contributed by atoms with Gasteiger partial charge < -0.3 is 15.7 Å². The van der Waals surface area contributed by atoms with E-state index >= 15 is 0 Å². The Morgan fingerprint density at radius 3 is 2.42 bits per heavy atom. The second kappa shape index (κ2) is 8.89. The summed E-state index contributed by atoms with van der Waals surface area (Å²) in [5, 5.41) is 17.8. The van der Waals surface area contributed by atoms with Gasteiger partial charge >= 0.3 is 0 Å². The Morgan fingerprint density at radius 2 is 1.81 bits per heavy atom. The van der Waals surface area contributed by atoms with Gasteiger partial charge in [-0.25, -0.2) is 0 Å². The molecular formula is C25H39N3O3. The van der Waals surface area contributed by atoms with E-state index in [1.165, 1.54) is 0 Å². The van der Waals surface area contributed by atoms with E-state index in [0.29, 0.717) is 5.56 Å². The first-order valence-electron chi connectivity index (χ1n) is 11.6. The molecular weight excluding hydrogens is 390 g/mol. The molecule has 31 heavy (non-hydrogen) atoms. The number of nitrogens with zero attached hydrogens (tertiary/aromatic N) is 1. The molecule has 0 aliphatic heterocycles. The number of aromatic nitrogens is 1. The number of aliphatic hydroxyl groups excluding tert-OH is 1. The highest BCUT2D eigenvalue weighted by Crippen LogP contribution is 2.55. The Bertz CT molecular complexity index is 791. The van der Waals surface area contributed by atoms with E-state index in [4.69, 9.17) is 0 Å². The summed E-state index contributed by atoms with van der Waals surface area (Å²) in [6.45, 7) is 12.3. The quantitative estimate of drug-likeness (QED) is 0.683. The summed E-state index contributed by atoms with van der Waals surface area (Å²) in [6, 6.07) is 3.44. The summed E-state index contributed by atoms with van der Waals surface area (Å²) in [5.41, 5.74) is 0.345. The van der Waals surface area contributed by atoms with Crippen molar-refractivity contribution in [3.8, 4) is 0 Å². The van der Waals surface area contributed by atoms with Gasteiger partial charge in [-0.15, -0.1) is 0 Å². The monoisotopic (exact) mass is 429 g/mol. The highest BCUT2D eigenvalue weighted by atomic mass is 16.3. The van der Waals surface area contributed by atoms with Gasteiger partial charge in [-0.2, -0.15) is 0 Å². The molecule has 2 fully saturated rings. The maximum absolute atomic E-state index is 12.8. The zero-order valence-electron chi connectivity index (χ0n) is 19.8. The molecule has 6 nitrogen and oxygen atoms in total. The van der Waals surface area contributed by atoms with Gasteiger partial charge in [0.1, 0.15) is 0 Å². The Balaban J connectivity index is 1.74. The van der Waals surface area contributed by atoms with E-state index in [9.17, 15) is 14.7 Å². The van der Waals surface area contributed by atoms with Crippen molar-refractivity contribution in [3.05, 3.63) is 30.1 Å². The Morgan fingerprint density at radius 1 is 1.19 bits per heavy atom. The lowest BCUT2D eigenvalue weighted by atomic mass is 9.51. The van der Waals surface area contributed by atoms with Gasteiger partial charge in [0.25, 0.3) is 5.91 Å². The predicted molar refractivity (Wildman–Crippen MR) is 121 cm³/mol. The van der Waals surface area contributed by atoms with Crippen LogP contribution < -0.4 is 10.6 Å². The van der Waals surface area contributed by atoms with Crippen molar-refractivity contribution in [1.82, 2.24) is 15.6 Å². The molecule has 3 N–H and O–H groups in total. The summed E-state index contributed by atoms with van der Waals surface area (Å²) < 4.78 is 0. The molecule has 3 rings (SSSR count). The predicted octanol–water partition coefficient (Wildman–Crippen LogP) is 3.55. The molecule has 2 saturated carbocycles. The number of rotatable bonds is 4. The van der Waals surface area contributed by atoms with E-state index in [2.05, 4.69) is 29.5 Å². The number of carbonyl (C=O) groups excluding carboxylic acids is 2. The van der Waals surface area contributed by atoms with Crippen LogP contribution in [0.3, 0.4) is 0 Å².